The molecule has 0 bridgehead atoms. The molecule has 31 heavy (non-hydrogen) atoms. The van der Waals surface area contributed by atoms with Gasteiger partial charge in [0.2, 0.25) is 5.91 Å². The number of fused-ring (bicyclic) bond motifs is 1. The molecule has 1 heterocycles. The minimum atomic E-state index is -0.693. The van der Waals surface area contributed by atoms with E-state index in [1.165, 1.54) is 24.4 Å². The highest BCUT2D eigenvalue weighted by Crippen LogP contribution is 2.55. The van der Waals surface area contributed by atoms with Crippen molar-refractivity contribution in [2.24, 2.45) is 39.3 Å². The maximum atomic E-state index is 14.6. The standard InChI is InChI=1S/C25H31F2N3O/c1-5-28-29-21(23-19(26)7-6-8-20(23)27)14-18-17(15(2)3)9-11-25(18,4)24(31)30-12-10-16-13-22(16)30/h5-8,14-18,22H,1,9-13H2,2-4H3/b21-14-,29-28-/t16?,17-,18?,22?,25-/m0/s1. The highest BCUT2D eigenvalue weighted by molar-refractivity contribution is 5.85. The molecule has 2 aliphatic carbocycles. The molecule has 3 aliphatic rings. The molecule has 166 valence electrons. The number of amides is 1. The van der Waals surface area contributed by atoms with Crippen LogP contribution >= 0.6 is 0 Å². The van der Waals surface area contributed by atoms with Gasteiger partial charge in [0.15, 0.2) is 0 Å². The van der Waals surface area contributed by atoms with Crippen LogP contribution in [0.3, 0.4) is 0 Å². The molecular weight excluding hydrogens is 396 g/mol. The summed E-state index contributed by atoms with van der Waals surface area (Å²) in [7, 11) is 0. The minimum Gasteiger partial charge on any atom is -0.339 e. The van der Waals surface area contributed by atoms with Crippen LogP contribution in [0, 0.1) is 40.7 Å². The Kier molecular flexibility index (Phi) is 5.84. The smallest absolute Gasteiger partial charge is 0.229 e. The van der Waals surface area contributed by atoms with Crippen molar-refractivity contribution in [2.45, 2.75) is 52.5 Å². The van der Waals surface area contributed by atoms with Crippen molar-refractivity contribution in [3.8, 4) is 0 Å². The summed E-state index contributed by atoms with van der Waals surface area (Å²) in [5.74, 6) is -0.190. The maximum absolute atomic E-state index is 14.6. The Morgan fingerprint density at radius 3 is 2.55 bits per heavy atom. The minimum absolute atomic E-state index is 0.123. The SMILES string of the molecule is C=C/N=N\C(=C/C1[C@H](C(C)C)CC[C@]1(C)C(=O)N1CCC2CC21)c1c(F)cccc1F. The van der Waals surface area contributed by atoms with Gasteiger partial charge < -0.3 is 4.90 Å². The third kappa shape index (κ3) is 3.85. The van der Waals surface area contributed by atoms with Crippen molar-refractivity contribution in [1.29, 1.82) is 0 Å². The molecule has 1 aromatic rings. The molecule has 0 N–H and O–H groups in total. The number of benzene rings is 1. The molecule has 4 nitrogen and oxygen atoms in total. The van der Waals surface area contributed by atoms with Crippen molar-refractivity contribution in [1.82, 2.24) is 4.90 Å². The number of carbonyl (C=O) groups excluding carboxylic acids is 1. The van der Waals surface area contributed by atoms with Gasteiger partial charge in [-0.3, -0.25) is 4.79 Å². The second-order valence-corrected chi connectivity index (χ2v) is 9.79. The lowest BCUT2D eigenvalue weighted by Crippen LogP contribution is -2.45. The van der Waals surface area contributed by atoms with E-state index in [2.05, 4.69) is 35.6 Å². The number of hydrogen-bond donors (Lipinski definition) is 0. The number of azo groups is 1. The number of hydrogen-bond acceptors (Lipinski definition) is 3. The molecule has 1 aromatic carbocycles. The molecule has 0 aromatic heterocycles. The van der Waals surface area contributed by atoms with Gasteiger partial charge in [-0.1, -0.05) is 39.5 Å². The second-order valence-electron chi connectivity index (χ2n) is 9.79. The molecule has 4 rings (SSSR count). The number of carbonyl (C=O) groups is 1. The van der Waals surface area contributed by atoms with E-state index in [-0.39, 0.29) is 29.0 Å². The van der Waals surface area contributed by atoms with Gasteiger partial charge >= 0.3 is 0 Å². The average Bonchev–Trinajstić information content (AvgIpc) is 3.25. The van der Waals surface area contributed by atoms with Crippen molar-refractivity contribution in [3.05, 3.63) is 54.3 Å². The first-order valence-corrected chi connectivity index (χ1v) is 11.3. The average molecular weight is 428 g/mol. The topological polar surface area (TPSA) is 45.0 Å². The number of likely N-dealkylation sites (tertiary alicyclic amines) is 1. The number of piperidine rings is 1. The fourth-order valence-electron chi connectivity index (χ4n) is 5.75. The zero-order valence-electron chi connectivity index (χ0n) is 18.5. The Labute approximate surface area is 183 Å². The molecule has 6 heteroatoms. The van der Waals surface area contributed by atoms with Crippen molar-refractivity contribution < 1.29 is 13.6 Å². The van der Waals surface area contributed by atoms with Crippen LogP contribution in [0.15, 0.2) is 47.3 Å². The van der Waals surface area contributed by atoms with Gasteiger partial charge in [0, 0.05) is 18.8 Å². The molecule has 1 amide bonds. The normalized spacial score (nSPS) is 32.7. The molecular formula is C25H31F2N3O. The summed E-state index contributed by atoms with van der Waals surface area (Å²) in [6.07, 6.45) is 6.88. The summed E-state index contributed by atoms with van der Waals surface area (Å²) in [5, 5.41) is 7.92. The Balaban J connectivity index is 1.78. The highest BCUT2D eigenvalue weighted by Gasteiger charge is 2.56. The largest absolute Gasteiger partial charge is 0.339 e. The van der Waals surface area contributed by atoms with E-state index in [1.807, 2.05) is 6.92 Å². The summed E-state index contributed by atoms with van der Waals surface area (Å²) >= 11 is 0. The molecule has 1 aliphatic heterocycles. The lowest BCUT2D eigenvalue weighted by atomic mass is 9.72. The second kappa shape index (κ2) is 8.29. The van der Waals surface area contributed by atoms with E-state index in [0.717, 1.165) is 32.2 Å². The summed E-state index contributed by atoms with van der Waals surface area (Å²) < 4.78 is 29.3. The van der Waals surface area contributed by atoms with Crippen LogP contribution < -0.4 is 0 Å². The first-order chi connectivity index (χ1) is 14.8. The number of rotatable bonds is 6. The van der Waals surface area contributed by atoms with Gasteiger partial charge in [0.05, 0.1) is 16.7 Å². The molecule has 5 atom stereocenters. The molecule has 1 saturated heterocycles. The summed E-state index contributed by atoms with van der Waals surface area (Å²) in [5.41, 5.74) is -0.707. The molecule has 0 spiro atoms. The van der Waals surface area contributed by atoms with Crippen LogP contribution in [0.5, 0.6) is 0 Å². The predicted molar refractivity (Wildman–Crippen MR) is 117 cm³/mol. The van der Waals surface area contributed by atoms with E-state index in [0.29, 0.717) is 17.9 Å². The van der Waals surface area contributed by atoms with Crippen LogP contribution in [0.25, 0.3) is 5.70 Å². The van der Waals surface area contributed by atoms with E-state index in [4.69, 9.17) is 0 Å². The van der Waals surface area contributed by atoms with Crippen molar-refractivity contribution in [3.63, 3.8) is 0 Å². The maximum Gasteiger partial charge on any atom is 0.229 e. The molecule has 3 fully saturated rings. The number of nitrogens with zero attached hydrogens (tertiary/aromatic N) is 3. The van der Waals surface area contributed by atoms with Gasteiger partial charge in [-0.25, -0.2) is 8.78 Å². The first kappa shape index (κ1) is 21.8. The third-order valence-corrected chi connectivity index (χ3v) is 7.63. The van der Waals surface area contributed by atoms with Crippen LogP contribution in [-0.2, 0) is 4.79 Å². The lowest BCUT2D eigenvalue weighted by Gasteiger charge is -2.36. The van der Waals surface area contributed by atoms with E-state index < -0.39 is 17.0 Å². The monoisotopic (exact) mass is 427 g/mol. The van der Waals surface area contributed by atoms with Gasteiger partial charge in [-0.15, -0.1) is 0 Å². The summed E-state index contributed by atoms with van der Waals surface area (Å²) in [4.78, 5) is 15.8. The number of allylic oxidation sites excluding steroid dienone is 1. The quantitative estimate of drug-likeness (QED) is 0.498. The van der Waals surface area contributed by atoms with Crippen LogP contribution in [0.4, 0.5) is 8.78 Å². The van der Waals surface area contributed by atoms with E-state index >= 15 is 0 Å². The van der Waals surface area contributed by atoms with E-state index in [1.54, 1.807) is 6.08 Å². The van der Waals surface area contributed by atoms with Gasteiger partial charge in [-0.2, -0.15) is 10.2 Å². The lowest BCUT2D eigenvalue weighted by molar-refractivity contribution is -0.142. The van der Waals surface area contributed by atoms with Crippen molar-refractivity contribution >= 4 is 11.6 Å². The van der Waals surface area contributed by atoms with Gasteiger partial charge in [-0.05, 0) is 61.5 Å². The summed E-state index contributed by atoms with van der Waals surface area (Å²) in [6.45, 7) is 10.7. The predicted octanol–water partition coefficient (Wildman–Crippen LogP) is 6.21. The fraction of sp³-hybridized carbons (Fsp3) is 0.560. The Hall–Kier alpha value is -2.37. The fourth-order valence-corrected chi connectivity index (χ4v) is 5.75. The van der Waals surface area contributed by atoms with Crippen LogP contribution in [0.2, 0.25) is 0 Å². The molecule has 2 saturated carbocycles. The zero-order valence-corrected chi connectivity index (χ0v) is 18.5. The van der Waals surface area contributed by atoms with Crippen LogP contribution in [-0.4, -0.2) is 23.4 Å². The summed E-state index contributed by atoms with van der Waals surface area (Å²) in [6, 6.07) is 4.14. The Bertz CT molecular complexity index is 920. The van der Waals surface area contributed by atoms with Crippen LogP contribution in [0.1, 0.15) is 52.0 Å². The van der Waals surface area contributed by atoms with Gasteiger partial charge in [0.1, 0.15) is 11.6 Å². The highest BCUT2D eigenvalue weighted by atomic mass is 19.1. The van der Waals surface area contributed by atoms with Crippen molar-refractivity contribution in [2.75, 3.05) is 6.54 Å². The molecule has 3 unspecified atom stereocenters. The first-order valence-electron chi connectivity index (χ1n) is 11.3. The Morgan fingerprint density at radius 1 is 1.29 bits per heavy atom. The Morgan fingerprint density at radius 2 is 2.00 bits per heavy atom. The van der Waals surface area contributed by atoms with Gasteiger partial charge in [0.25, 0.3) is 0 Å². The third-order valence-electron chi connectivity index (χ3n) is 7.63. The number of halogens is 2. The van der Waals surface area contributed by atoms with E-state index in [9.17, 15) is 13.6 Å². The zero-order chi connectivity index (χ0) is 22.3. The molecule has 0 radical (unpaired) electrons.